The predicted molar refractivity (Wildman–Crippen MR) is 149 cm³/mol. The van der Waals surface area contributed by atoms with Gasteiger partial charge in [-0.3, -0.25) is 9.55 Å². The third-order valence-electron chi connectivity index (χ3n) is 7.28. The van der Waals surface area contributed by atoms with E-state index in [4.69, 9.17) is 15.7 Å². The van der Waals surface area contributed by atoms with Crippen molar-refractivity contribution in [1.82, 2.24) is 44.8 Å². The van der Waals surface area contributed by atoms with Crippen LogP contribution < -0.4 is 11.1 Å². The van der Waals surface area contributed by atoms with Crippen molar-refractivity contribution < 1.29 is 8.78 Å². The number of rotatable bonds is 7. The molecule has 1 aliphatic carbocycles. The van der Waals surface area contributed by atoms with Crippen LogP contribution in [-0.4, -0.2) is 39.5 Å². The van der Waals surface area contributed by atoms with Gasteiger partial charge >= 0.3 is 0 Å². The lowest BCUT2D eigenvalue weighted by molar-refractivity contribution is 0.146. The fraction of sp³-hybridized carbons (Fsp3) is 0.172. The van der Waals surface area contributed by atoms with Gasteiger partial charge in [0.1, 0.15) is 17.0 Å². The average molecular weight is 551 g/mol. The Morgan fingerprint density at radius 2 is 1.85 bits per heavy atom. The molecular formula is C29H24F2N10. The Morgan fingerprint density at radius 3 is 2.63 bits per heavy atom. The molecule has 10 nitrogen and oxygen atoms in total. The molecule has 0 radical (unpaired) electrons. The van der Waals surface area contributed by atoms with E-state index in [-0.39, 0.29) is 11.7 Å². The largest absolute Gasteiger partial charge is 0.383 e. The van der Waals surface area contributed by atoms with Gasteiger partial charge < -0.3 is 11.1 Å². The molecule has 0 spiro atoms. The number of nitrogens with zero attached hydrogens (tertiary/aromatic N) is 8. The number of imidazole rings is 1. The molecule has 0 fully saturated rings. The summed E-state index contributed by atoms with van der Waals surface area (Å²) in [5, 5.41) is 12.0. The minimum atomic E-state index is -2.57. The van der Waals surface area contributed by atoms with Gasteiger partial charge in [-0.25, -0.2) is 23.7 Å². The minimum Gasteiger partial charge on any atom is -0.383 e. The maximum absolute atomic E-state index is 12.8. The number of alkyl halides is 2. The number of pyridine rings is 3. The van der Waals surface area contributed by atoms with Crippen LogP contribution in [0.4, 0.5) is 14.6 Å². The summed E-state index contributed by atoms with van der Waals surface area (Å²) in [5.74, 6) is 1.58. The fourth-order valence-electron chi connectivity index (χ4n) is 5.29. The lowest BCUT2D eigenvalue weighted by Gasteiger charge is -2.16. The number of anilines is 1. The second-order valence-corrected chi connectivity index (χ2v) is 9.79. The molecule has 0 saturated carbocycles. The summed E-state index contributed by atoms with van der Waals surface area (Å²) in [6, 6.07) is 17.0. The zero-order valence-electron chi connectivity index (χ0n) is 21.7. The summed E-state index contributed by atoms with van der Waals surface area (Å²) in [7, 11) is 0. The average Bonchev–Trinajstić information content (AvgIpc) is 3.75. The molecule has 0 saturated heterocycles. The third kappa shape index (κ3) is 4.57. The van der Waals surface area contributed by atoms with E-state index in [2.05, 4.69) is 43.7 Å². The summed E-state index contributed by atoms with van der Waals surface area (Å²) in [4.78, 5) is 19.4. The number of aromatic nitrogens is 8. The fourth-order valence-corrected chi connectivity index (χ4v) is 5.29. The number of nitrogens with one attached hydrogen (secondary N) is 1. The van der Waals surface area contributed by atoms with Crippen LogP contribution in [0, 0.1) is 0 Å². The first-order valence-corrected chi connectivity index (χ1v) is 13.1. The molecular weight excluding hydrogens is 526 g/mol. The molecule has 5 heterocycles. The summed E-state index contributed by atoms with van der Waals surface area (Å²) >= 11 is 0. The second kappa shape index (κ2) is 10.1. The molecule has 1 aliphatic rings. The number of nitrogens with two attached hydrogens (primary N) is 1. The molecule has 1 atom stereocenters. The highest BCUT2D eigenvalue weighted by molar-refractivity contribution is 5.83. The van der Waals surface area contributed by atoms with Crippen LogP contribution in [0.5, 0.6) is 0 Å². The van der Waals surface area contributed by atoms with E-state index in [0.29, 0.717) is 40.7 Å². The van der Waals surface area contributed by atoms with Crippen LogP contribution in [0.15, 0.2) is 79.4 Å². The monoisotopic (exact) mass is 550 g/mol. The Morgan fingerprint density at radius 1 is 0.976 bits per heavy atom. The van der Waals surface area contributed by atoms with Gasteiger partial charge in [-0.05, 0) is 72.0 Å². The van der Waals surface area contributed by atoms with Crippen LogP contribution in [0.3, 0.4) is 0 Å². The Kier molecular flexibility index (Phi) is 6.16. The number of aryl methyl sites for hydroxylation is 1. The molecule has 6 aromatic rings. The number of hydrogen-bond donors (Lipinski definition) is 2. The third-order valence-corrected chi connectivity index (χ3v) is 7.28. The maximum atomic E-state index is 12.8. The SMILES string of the molecule is Nc1ncccc1-c1nc2ccc(-n3nccn3)nc2n1-c1ccc2c(c1)CC[C@@H]2NCc1ccc(C(F)F)nc1. The van der Waals surface area contributed by atoms with E-state index in [1.54, 1.807) is 24.7 Å². The van der Waals surface area contributed by atoms with Crippen molar-refractivity contribution in [3.05, 3.63) is 102 Å². The van der Waals surface area contributed by atoms with E-state index < -0.39 is 6.43 Å². The van der Waals surface area contributed by atoms with Crippen LogP contribution in [0.2, 0.25) is 0 Å². The smallest absolute Gasteiger partial charge is 0.280 e. The van der Waals surface area contributed by atoms with E-state index in [1.165, 1.54) is 28.2 Å². The highest BCUT2D eigenvalue weighted by atomic mass is 19.3. The first kappa shape index (κ1) is 24.9. The maximum Gasteiger partial charge on any atom is 0.280 e. The molecule has 5 aromatic heterocycles. The van der Waals surface area contributed by atoms with E-state index in [1.807, 2.05) is 28.8 Å². The Hall–Kier alpha value is -5.10. The molecule has 0 aliphatic heterocycles. The highest BCUT2D eigenvalue weighted by Crippen LogP contribution is 2.36. The molecule has 41 heavy (non-hydrogen) atoms. The van der Waals surface area contributed by atoms with Crippen molar-refractivity contribution in [1.29, 1.82) is 0 Å². The number of nitrogen functional groups attached to an aromatic ring is 1. The van der Waals surface area contributed by atoms with Gasteiger partial charge in [0.25, 0.3) is 6.43 Å². The minimum absolute atomic E-state index is 0.136. The Labute approximate surface area is 232 Å². The van der Waals surface area contributed by atoms with E-state index in [9.17, 15) is 8.78 Å². The van der Waals surface area contributed by atoms with Gasteiger partial charge in [0.05, 0.1) is 18.0 Å². The standard InChI is InChI=1S/C29H24F2N10/c30-26(31)23-7-3-17(16-35-23)15-34-22-8-4-18-14-19(5-6-20(18)22)40-28(21-2-1-11-33-27(21)32)38-24-9-10-25(39-29(24)40)41-36-12-13-37-41/h1-3,5-7,9-14,16,22,26,34H,4,8,15H2,(H2,32,33)/t22-/m0/s1. The number of fused-ring (bicyclic) bond motifs is 2. The number of halogens is 2. The van der Waals surface area contributed by atoms with Crippen molar-refractivity contribution in [2.75, 3.05) is 5.73 Å². The van der Waals surface area contributed by atoms with Crippen molar-refractivity contribution in [2.45, 2.75) is 31.9 Å². The van der Waals surface area contributed by atoms with Gasteiger partial charge in [-0.15, -0.1) is 4.80 Å². The van der Waals surface area contributed by atoms with Crippen LogP contribution >= 0.6 is 0 Å². The topological polar surface area (TPSA) is 125 Å². The summed E-state index contributed by atoms with van der Waals surface area (Å²) in [6.07, 6.45) is 5.59. The first-order valence-electron chi connectivity index (χ1n) is 13.1. The van der Waals surface area contributed by atoms with Crippen molar-refractivity contribution in [3.63, 3.8) is 0 Å². The van der Waals surface area contributed by atoms with Crippen LogP contribution in [0.1, 0.15) is 41.3 Å². The van der Waals surface area contributed by atoms with E-state index in [0.717, 1.165) is 24.1 Å². The quantitative estimate of drug-likeness (QED) is 0.292. The van der Waals surface area contributed by atoms with Gasteiger partial charge in [0.2, 0.25) is 0 Å². The highest BCUT2D eigenvalue weighted by Gasteiger charge is 2.25. The molecule has 0 bridgehead atoms. The normalized spacial score (nSPS) is 14.7. The van der Waals surface area contributed by atoms with Crippen molar-refractivity contribution in [2.24, 2.45) is 0 Å². The lowest BCUT2D eigenvalue weighted by atomic mass is 10.1. The van der Waals surface area contributed by atoms with Crippen LogP contribution in [0.25, 0.3) is 34.1 Å². The zero-order valence-corrected chi connectivity index (χ0v) is 21.7. The number of benzene rings is 1. The first-order chi connectivity index (χ1) is 20.0. The second-order valence-electron chi connectivity index (χ2n) is 9.79. The molecule has 1 aromatic carbocycles. The molecule has 0 amide bonds. The number of hydrogen-bond acceptors (Lipinski definition) is 8. The Balaban J connectivity index is 1.25. The van der Waals surface area contributed by atoms with Gasteiger partial charge in [-0.2, -0.15) is 10.2 Å². The predicted octanol–water partition coefficient (Wildman–Crippen LogP) is 4.76. The lowest BCUT2D eigenvalue weighted by Crippen LogP contribution is -2.18. The van der Waals surface area contributed by atoms with Crippen molar-refractivity contribution in [3.8, 4) is 22.9 Å². The van der Waals surface area contributed by atoms with Gasteiger partial charge in [0.15, 0.2) is 17.3 Å². The van der Waals surface area contributed by atoms with Crippen LogP contribution in [-0.2, 0) is 13.0 Å². The summed E-state index contributed by atoms with van der Waals surface area (Å²) < 4.78 is 27.7. The molecule has 0 unspecified atom stereocenters. The summed E-state index contributed by atoms with van der Waals surface area (Å²) in [6.45, 7) is 0.535. The molecule has 3 N–H and O–H groups in total. The molecule has 7 rings (SSSR count). The molecule has 204 valence electrons. The van der Waals surface area contributed by atoms with Gasteiger partial charge in [-0.1, -0.05) is 12.1 Å². The summed E-state index contributed by atoms with van der Waals surface area (Å²) in [5.41, 5.74) is 12.3. The molecule has 12 heteroatoms. The Bertz CT molecular complexity index is 1850. The zero-order chi connectivity index (χ0) is 27.9. The van der Waals surface area contributed by atoms with Gasteiger partial charge in [0, 0.05) is 30.7 Å². The van der Waals surface area contributed by atoms with Crippen molar-refractivity contribution >= 4 is 17.0 Å². The van der Waals surface area contributed by atoms with E-state index >= 15 is 0 Å².